The van der Waals surface area contributed by atoms with Gasteiger partial charge in [0.2, 0.25) is 0 Å². The highest BCUT2D eigenvalue weighted by Gasteiger charge is 2.51. The highest BCUT2D eigenvalue weighted by Crippen LogP contribution is 2.49. The van der Waals surface area contributed by atoms with Gasteiger partial charge < -0.3 is 18.1 Å². The van der Waals surface area contributed by atoms with Crippen LogP contribution in [-0.4, -0.2) is 18.3 Å². The van der Waals surface area contributed by atoms with E-state index in [0.29, 0.717) is 11.1 Å². The summed E-state index contributed by atoms with van der Waals surface area (Å²) < 4.78 is 110. The van der Waals surface area contributed by atoms with Crippen LogP contribution in [0.4, 0.5) is 0 Å². The number of benzene rings is 16. The van der Waals surface area contributed by atoms with Gasteiger partial charge in [-0.2, -0.15) is 0 Å². The number of rotatable bonds is 6. The van der Waals surface area contributed by atoms with Crippen molar-refractivity contribution in [3.8, 4) is 55.6 Å². The second kappa shape index (κ2) is 23.9. The molecule has 0 bridgehead atoms. The predicted octanol–water partition coefficient (Wildman–Crippen LogP) is 25.2. The van der Waals surface area contributed by atoms with Crippen LogP contribution in [0.15, 0.2) is 329 Å². The molecule has 0 saturated carbocycles. The Morgan fingerprint density at radius 1 is 0.281 bits per heavy atom. The molecular formula is C90H64BBrO4. The lowest BCUT2D eigenvalue weighted by molar-refractivity contribution is 0.00578. The number of halogens is 1. The second-order valence-corrected chi connectivity index (χ2v) is 26.1. The Labute approximate surface area is 579 Å². The average Bonchev–Trinajstić information content (AvgIpc) is 1.02. The maximum atomic E-state index is 8.86. The van der Waals surface area contributed by atoms with E-state index < -0.39 is 6.04 Å². The van der Waals surface area contributed by atoms with Gasteiger partial charge in [-0.1, -0.05) is 295 Å². The molecule has 96 heavy (non-hydrogen) atoms. The number of para-hydroxylation sites is 2. The van der Waals surface area contributed by atoms with E-state index in [4.69, 9.17) is 31.9 Å². The molecule has 2 aromatic heterocycles. The van der Waals surface area contributed by atoms with Crippen molar-refractivity contribution in [3.63, 3.8) is 0 Å². The van der Waals surface area contributed by atoms with Crippen molar-refractivity contribution in [2.24, 2.45) is 0 Å². The summed E-state index contributed by atoms with van der Waals surface area (Å²) in [5.74, 6) is 0. The number of hydrogen-bond donors (Lipinski definition) is 0. The molecule has 458 valence electrons. The molecule has 1 fully saturated rings. The first-order valence-corrected chi connectivity index (χ1v) is 32.9. The van der Waals surface area contributed by atoms with E-state index in [1.807, 2.05) is 152 Å². The lowest BCUT2D eigenvalue weighted by Gasteiger charge is -2.32. The zero-order valence-electron chi connectivity index (χ0n) is 62.8. The van der Waals surface area contributed by atoms with Crippen LogP contribution in [0, 0.1) is 0 Å². The van der Waals surface area contributed by atoms with Crippen LogP contribution < -0.4 is 5.46 Å². The van der Waals surface area contributed by atoms with Gasteiger partial charge in [-0.05, 0) is 190 Å². The lowest BCUT2D eigenvalue weighted by atomic mass is 9.78. The van der Waals surface area contributed by atoms with Crippen LogP contribution in [0.1, 0.15) is 41.4 Å². The fourth-order valence-electron chi connectivity index (χ4n) is 14.1. The molecule has 0 spiro atoms. The fourth-order valence-corrected chi connectivity index (χ4v) is 14.6. The van der Waals surface area contributed by atoms with Crippen LogP contribution in [0.3, 0.4) is 0 Å². The van der Waals surface area contributed by atoms with Gasteiger partial charge in [0.25, 0.3) is 0 Å². The Hall–Kier alpha value is -10.9. The predicted molar refractivity (Wildman–Crippen MR) is 410 cm³/mol. The van der Waals surface area contributed by atoms with Crippen LogP contribution in [0.2, 0.25) is 0 Å². The van der Waals surface area contributed by atoms with Gasteiger partial charge in [0.1, 0.15) is 22.3 Å². The zero-order valence-corrected chi connectivity index (χ0v) is 54.4. The second-order valence-electron chi connectivity index (χ2n) is 25.3. The molecule has 0 unspecified atom stereocenters. The number of furan rings is 2. The van der Waals surface area contributed by atoms with Crippen molar-refractivity contribution in [3.05, 3.63) is 320 Å². The van der Waals surface area contributed by atoms with Crippen molar-refractivity contribution in [2.75, 3.05) is 0 Å². The van der Waals surface area contributed by atoms with Gasteiger partial charge in [0, 0.05) is 26.0 Å². The minimum atomic E-state index is -0.398. The molecule has 6 heteroatoms. The van der Waals surface area contributed by atoms with Gasteiger partial charge in [-0.3, -0.25) is 0 Å². The Morgan fingerprint density at radius 2 is 0.604 bits per heavy atom. The summed E-state index contributed by atoms with van der Waals surface area (Å²) in [6.45, 7) is 8.27. The third kappa shape index (κ3) is 10.1. The first kappa shape index (κ1) is 48.8. The van der Waals surface area contributed by atoms with Gasteiger partial charge in [-0.25, -0.2) is 0 Å². The smallest absolute Gasteiger partial charge is 0.456 e. The first-order chi connectivity index (χ1) is 51.2. The van der Waals surface area contributed by atoms with Crippen LogP contribution in [-0.2, 0) is 9.31 Å². The maximum absolute atomic E-state index is 8.86. The largest absolute Gasteiger partial charge is 0.494 e. The highest BCUT2D eigenvalue weighted by molar-refractivity contribution is 9.10. The summed E-state index contributed by atoms with van der Waals surface area (Å²) >= 11 is 3.69. The van der Waals surface area contributed by atoms with Crippen molar-refractivity contribution >= 4 is 137 Å². The molecule has 0 N–H and O–H groups in total. The topological polar surface area (TPSA) is 44.7 Å². The molecule has 18 aromatic rings. The molecule has 1 saturated heterocycles. The first-order valence-electron chi connectivity index (χ1n) is 37.1. The fraction of sp³-hybridized carbons (Fsp3) is 0.0667. The van der Waals surface area contributed by atoms with E-state index >= 15 is 0 Å². The monoisotopic (exact) mass is 1310 g/mol. The highest BCUT2D eigenvalue weighted by atomic mass is 79.9. The maximum Gasteiger partial charge on any atom is 0.494 e. The van der Waals surface area contributed by atoms with Crippen molar-refractivity contribution in [1.29, 1.82) is 0 Å². The molecule has 0 aliphatic carbocycles. The SMILES string of the molecule is CC1(C)OB(c2ccc3oc4ccccc4c3c2)OC1(C)C.[2H]c1c([2H])c([2H])c(-c2c3ccccc3c(-c3ccc(-c4ccc5oc6ccccc6c5c4)c4ccccc34)c3ccccc23)c([2H])c1[2H].[2H]c1c([2H])c([2H])c(-c2c3ccccc3c(-c3ccc(Br)c4ccccc34)c3ccccc23)c([2H])c1[2H]. The molecule has 1 aliphatic heterocycles. The van der Waals surface area contributed by atoms with Crippen LogP contribution >= 0.6 is 15.9 Å². The summed E-state index contributed by atoms with van der Waals surface area (Å²) in [5.41, 5.74) is 12.1. The van der Waals surface area contributed by atoms with E-state index in [0.717, 1.165) is 152 Å². The lowest BCUT2D eigenvalue weighted by Crippen LogP contribution is -2.41. The normalized spacial score (nSPS) is 15.0. The van der Waals surface area contributed by atoms with Gasteiger partial charge in [0.15, 0.2) is 0 Å². The van der Waals surface area contributed by atoms with Crippen molar-refractivity contribution in [2.45, 2.75) is 38.9 Å². The molecule has 0 atom stereocenters. The van der Waals surface area contributed by atoms with Gasteiger partial charge in [-0.15, -0.1) is 0 Å². The van der Waals surface area contributed by atoms with Crippen LogP contribution in [0.25, 0.3) is 164 Å². The molecule has 0 amide bonds. The zero-order chi connectivity index (χ0) is 73.4. The van der Waals surface area contributed by atoms with E-state index in [1.165, 1.54) is 0 Å². The minimum Gasteiger partial charge on any atom is -0.456 e. The molecule has 4 nitrogen and oxygen atoms in total. The van der Waals surface area contributed by atoms with E-state index in [2.05, 4.69) is 147 Å². The molecular weight excluding hydrogens is 1240 g/mol. The molecule has 16 aromatic carbocycles. The summed E-state index contributed by atoms with van der Waals surface area (Å²) in [6, 6.07) is 82.9. The summed E-state index contributed by atoms with van der Waals surface area (Å²) in [4.78, 5) is 0. The molecule has 19 rings (SSSR count). The molecule has 1 aliphatic rings. The summed E-state index contributed by atoms with van der Waals surface area (Å²) in [5, 5.41) is 16.0. The third-order valence-corrected chi connectivity index (χ3v) is 20.0. The van der Waals surface area contributed by atoms with Crippen LogP contribution in [0.5, 0.6) is 0 Å². The van der Waals surface area contributed by atoms with Crippen molar-refractivity contribution in [1.82, 2.24) is 0 Å². The third-order valence-electron chi connectivity index (χ3n) is 19.3. The van der Waals surface area contributed by atoms with E-state index in [9.17, 15) is 0 Å². The Bertz CT molecular complexity index is 6540. The van der Waals surface area contributed by atoms with E-state index in [-0.39, 0.29) is 83.8 Å². The quantitative estimate of drug-likeness (QED) is 0.123. The van der Waals surface area contributed by atoms with Crippen molar-refractivity contribution < 1.29 is 31.9 Å². The number of fused-ring (bicyclic) bond motifs is 12. The summed E-state index contributed by atoms with van der Waals surface area (Å²) in [6.07, 6.45) is 0. The average molecular weight is 1310 g/mol. The Morgan fingerprint density at radius 3 is 1.05 bits per heavy atom. The Balaban J connectivity index is 0.000000125. The Kier molecular flexibility index (Phi) is 12.1. The van der Waals surface area contributed by atoms with E-state index in [1.54, 1.807) is 0 Å². The summed E-state index contributed by atoms with van der Waals surface area (Å²) in [7, 11) is -0.344. The number of hydrogen-bond acceptors (Lipinski definition) is 4. The molecule has 0 radical (unpaired) electrons. The van der Waals surface area contributed by atoms with Gasteiger partial charge in [0.05, 0.1) is 24.9 Å². The minimum absolute atomic E-state index is 0.196. The van der Waals surface area contributed by atoms with Gasteiger partial charge >= 0.3 is 7.12 Å². The molecule has 3 heterocycles. The standard InChI is InChI=1S/C42H26O.C30H19Br.C18H19BO3/c1-2-12-27(13-3-1)41-33-17-6-8-19-35(33)42(36-20-9-7-18-34(36)41)37-24-23-29(30-14-4-5-15-31(30)37)28-22-25-40-38(26-28)32-16-10-11-21-39(32)43-40;31-28-19-18-27(21-12-4-5-13-22(21)28)30-25-16-8-6-14-23(25)29(20-10-2-1-3-11-20)24-15-7-9-17-26(24)30;1-17(2)18(3,4)22-19(21-17)12-9-10-16-14(11-12)13-7-5-6-8-15(13)20-16/h1-26H;1-19H;5-11H,1-4H3/i1D,2D,3D,12D,13D;1D,2D,3D,10D,11D;.